The predicted molar refractivity (Wildman–Crippen MR) is 64.6 cm³/mol. The topological polar surface area (TPSA) is 38.3 Å². The first kappa shape index (κ1) is 12.6. The van der Waals surface area contributed by atoms with Crippen molar-refractivity contribution in [1.82, 2.24) is 5.32 Å². The van der Waals surface area contributed by atoms with Gasteiger partial charge in [-0.3, -0.25) is 4.79 Å². The van der Waals surface area contributed by atoms with Gasteiger partial charge in [-0.15, -0.1) is 0 Å². The van der Waals surface area contributed by atoms with Crippen LogP contribution in [0.1, 0.15) is 25.8 Å². The molecule has 1 aromatic carbocycles. The molecule has 0 heterocycles. The third kappa shape index (κ3) is 4.34. The van der Waals surface area contributed by atoms with E-state index in [0.29, 0.717) is 0 Å². The van der Waals surface area contributed by atoms with Gasteiger partial charge in [-0.1, -0.05) is 12.1 Å². The second-order valence-corrected chi connectivity index (χ2v) is 3.99. The highest BCUT2D eigenvalue weighted by Gasteiger charge is 2.03. The molecular formula is C13H19NO2. The van der Waals surface area contributed by atoms with Crippen molar-refractivity contribution in [3.05, 3.63) is 29.8 Å². The van der Waals surface area contributed by atoms with E-state index in [4.69, 9.17) is 4.74 Å². The molecule has 1 atom stereocenters. The highest BCUT2D eigenvalue weighted by Crippen LogP contribution is 2.13. The van der Waals surface area contributed by atoms with Gasteiger partial charge < -0.3 is 10.1 Å². The van der Waals surface area contributed by atoms with E-state index in [1.165, 1.54) is 5.56 Å². The molecule has 0 aliphatic carbocycles. The Kier molecular flexibility index (Phi) is 4.83. The van der Waals surface area contributed by atoms with Crippen LogP contribution in [-0.4, -0.2) is 19.1 Å². The lowest BCUT2D eigenvalue weighted by Crippen LogP contribution is -2.30. The van der Waals surface area contributed by atoms with E-state index in [0.717, 1.165) is 18.6 Å². The maximum absolute atomic E-state index is 10.8. The molecule has 1 aromatic rings. The number of benzene rings is 1. The highest BCUT2D eigenvalue weighted by molar-refractivity contribution is 5.73. The molecule has 3 heteroatoms. The summed E-state index contributed by atoms with van der Waals surface area (Å²) in [6, 6.07) is 8.25. The fraction of sp³-hybridized carbons (Fsp3) is 0.462. The van der Waals surface area contributed by atoms with Gasteiger partial charge in [-0.25, -0.2) is 0 Å². The third-order valence-electron chi connectivity index (χ3n) is 2.47. The summed E-state index contributed by atoms with van der Waals surface area (Å²) in [7, 11) is 1.66. The lowest BCUT2D eigenvalue weighted by Gasteiger charge is -2.12. The standard InChI is InChI=1S/C13H19NO2/c1-10(14-11(2)15)4-5-12-6-8-13(16-3)9-7-12/h6-10H,4-5H2,1-3H3,(H,14,15). The van der Waals surface area contributed by atoms with Crippen molar-refractivity contribution >= 4 is 5.91 Å². The number of nitrogens with one attached hydrogen (secondary N) is 1. The molecule has 0 aliphatic rings. The Morgan fingerprint density at radius 3 is 2.50 bits per heavy atom. The summed E-state index contributed by atoms with van der Waals surface area (Å²) in [5.74, 6) is 0.904. The summed E-state index contributed by atoms with van der Waals surface area (Å²) in [5.41, 5.74) is 1.26. The maximum Gasteiger partial charge on any atom is 0.217 e. The number of aryl methyl sites for hydroxylation is 1. The van der Waals surface area contributed by atoms with Crippen molar-refractivity contribution in [3.63, 3.8) is 0 Å². The number of hydrogen-bond donors (Lipinski definition) is 1. The van der Waals surface area contributed by atoms with E-state index < -0.39 is 0 Å². The quantitative estimate of drug-likeness (QED) is 0.827. The van der Waals surface area contributed by atoms with Crippen LogP contribution in [0.5, 0.6) is 5.75 Å². The van der Waals surface area contributed by atoms with Gasteiger partial charge >= 0.3 is 0 Å². The molecule has 0 spiro atoms. The fourth-order valence-corrected chi connectivity index (χ4v) is 1.59. The molecule has 16 heavy (non-hydrogen) atoms. The van der Waals surface area contributed by atoms with Gasteiger partial charge in [0.05, 0.1) is 7.11 Å². The van der Waals surface area contributed by atoms with Crippen LogP contribution in [0.4, 0.5) is 0 Å². The van der Waals surface area contributed by atoms with Crippen molar-refractivity contribution in [2.24, 2.45) is 0 Å². The predicted octanol–water partition coefficient (Wildman–Crippen LogP) is 2.15. The SMILES string of the molecule is COc1ccc(CCC(C)NC(C)=O)cc1. The Bertz CT molecular complexity index is 332. The second-order valence-electron chi connectivity index (χ2n) is 3.99. The molecule has 1 rings (SSSR count). The largest absolute Gasteiger partial charge is 0.497 e. The zero-order valence-electron chi connectivity index (χ0n) is 10.1. The number of methoxy groups -OCH3 is 1. The van der Waals surface area contributed by atoms with Gasteiger partial charge in [0.1, 0.15) is 5.75 Å². The molecule has 0 bridgehead atoms. The molecule has 0 radical (unpaired) electrons. The molecule has 1 unspecified atom stereocenters. The molecule has 0 saturated carbocycles. The van der Waals surface area contributed by atoms with Crippen molar-refractivity contribution in [1.29, 1.82) is 0 Å². The zero-order valence-corrected chi connectivity index (χ0v) is 10.1. The first-order valence-corrected chi connectivity index (χ1v) is 5.52. The molecule has 0 saturated heterocycles. The summed E-state index contributed by atoms with van der Waals surface area (Å²) in [6.07, 6.45) is 1.91. The summed E-state index contributed by atoms with van der Waals surface area (Å²) in [6.45, 7) is 3.56. The molecule has 1 amide bonds. The Hall–Kier alpha value is -1.51. The maximum atomic E-state index is 10.8. The van der Waals surface area contributed by atoms with Crippen LogP contribution in [0.15, 0.2) is 24.3 Å². The van der Waals surface area contributed by atoms with E-state index in [2.05, 4.69) is 17.4 Å². The highest BCUT2D eigenvalue weighted by atomic mass is 16.5. The minimum atomic E-state index is 0.0298. The average Bonchev–Trinajstić information content (AvgIpc) is 2.26. The van der Waals surface area contributed by atoms with E-state index in [9.17, 15) is 4.79 Å². The molecule has 3 nitrogen and oxygen atoms in total. The molecule has 88 valence electrons. The van der Waals surface area contributed by atoms with Crippen LogP contribution in [0.3, 0.4) is 0 Å². The van der Waals surface area contributed by atoms with Crippen LogP contribution >= 0.6 is 0 Å². The van der Waals surface area contributed by atoms with Crippen LogP contribution in [0.25, 0.3) is 0 Å². The lowest BCUT2D eigenvalue weighted by molar-refractivity contribution is -0.119. The lowest BCUT2D eigenvalue weighted by atomic mass is 10.1. The normalized spacial score (nSPS) is 11.9. The monoisotopic (exact) mass is 221 g/mol. The Morgan fingerprint density at radius 2 is 2.00 bits per heavy atom. The summed E-state index contributed by atoms with van der Waals surface area (Å²) in [5, 5.41) is 2.87. The Labute approximate surface area is 96.8 Å². The number of carbonyl (C=O) groups is 1. The number of hydrogen-bond acceptors (Lipinski definition) is 2. The van der Waals surface area contributed by atoms with Gasteiger partial charge in [-0.05, 0) is 37.5 Å². The van der Waals surface area contributed by atoms with Crippen LogP contribution in [0, 0.1) is 0 Å². The first-order valence-electron chi connectivity index (χ1n) is 5.52. The molecule has 1 N–H and O–H groups in total. The van der Waals surface area contributed by atoms with Crippen LogP contribution in [0.2, 0.25) is 0 Å². The van der Waals surface area contributed by atoms with E-state index in [1.54, 1.807) is 14.0 Å². The summed E-state index contributed by atoms with van der Waals surface area (Å²) >= 11 is 0. The minimum Gasteiger partial charge on any atom is -0.497 e. The van der Waals surface area contributed by atoms with Gasteiger partial charge in [0.15, 0.2) is 0 Å². The van der Waals surface area contributed by atoms with Crippen molar-refractivity contribution in [3.8, 4) is 5.75 Å². The van der Waals surface area contributed by atoms with Crippen molar-refractivity contribution < 1.29 is 9.53 Å². The molecule has 0 fully saturated rings. The molecule has 0 aromatic heterocycles. The minimum absolute atomic E-state index is 0.0298. The van der Waals surface area contributed by atoms with Crippen LogP contribution < -0.4 is 10.1 Å². The summed E-state index contributed by atoms with van der Waals surface area (Å²) < 4.78 is 5.09. The number of rotatable bonds is 5. The Morgan fingerprint density at radius 1 is 1.38 bits per heavy atom. The average molecular weight is 221 g/mol. The number of amides is 1. The second kappa shape index (κ2) is 6.16. The van der Waals surface area contributed by atoms with Gasteiger partial charge in [0.25, 0.3) is 0 Å². The molecular weight excluding hydrogens is 202 g/mol. The third-order valence-corrected chi connectivity index (χ3v) is 2.47. The first-order chi connectivity index (χ1) is 7.61. The molecule has 0 aliphatic heterocycles. The van der Waals surface area contributed by atoms with Crippen LogP contribution in [-0.2, 0) is 11.2 Å². The van der Waals surface area contributed by atoms with Gasteiger partial charge in [0, 0.05) is 13.0 Å². The van der Waals surface area contributed by atoms with Gasteiger partial charge in [-0.2, -0.15) is 0 Å². The fourth-order valence-electron chi connectivity index (χ4n) is 1.59. The van der Waals surface area contributed by atoms with Gasteiger partial charge in [0.2, 0.25) is 5.91 Å². The van der Waals surface area contributed by atoms with Crippen molar-refractivity contribution in [2.45, 2.75) is 32.7 Å². The van der Waals surface area contributed by atoms with E-state index >= 15 is 0 Å². The van der Waals surface area contributed by atoms with Crippen molar-refractivity contribution in [2.75, 3.05) is 7.11 Å². The summed E-state index contributed by atoms with van der Waals surface area (Å²) in [4.78, 5) is 10.8. The number of ether oxygens (including phenoxy) is 1. The van der Waals surface area contributed by atoms with E-state index in [-0.39, 0.29) is 11.9 Å². The smallest absolute Gasteiger partial charge is 0.217 e. The Balaban J connectivity index is 2.39. The zero-order chi connectivity index (χ0) is 12.0. The number of carbonyl (C=O) groups excluding carboxylic acids is 1. The van der Waals surface area contributed by atoms with E-state index in [1.807, 2.05) is 19.1 Å².